The molecule has 0 saturated carbocycles. The van der Waals surface area contributed by atoms with Crippen LogP contribution in [0.3, 0.4) is 0 Å². The molecule has 62 valence electrons. The van der Waals surface area contributed by atoms with Gasteiger partial charge in [0.15, 0.2) is 5.60 Å². The second-order valence-electron chi connectivity index (χ2n) is 2.69. The zero-order valence-corrected chi connectivity index (χ0v) is 6.58. The number of hydrogen-bond acceptors (Lipinski definition) is 2. The Morgan fingerprint density at radius 2 is 2.25 bits per heavy atom. The number of rotatable bonds is 1. The quantitative estimate of drug-likeness (QED) is 0.641. The average molecular weight is 165 g/mol. The Bertz CT molecular complexity index is 328. The zero-order chi connectivity index (χ0) is 9.19. The molecule has 12 heavy (non-hydrogen) atoms. The van der Waals surface area contributed by atoms with E-state index in [-0.39, 0.29) is 5.56 Å². The van der Waals surface area contributed by atoms with Crippen molar-refractivity contribution in [3.8, 4) is 6.07 Å². The van der Waals surface area contributed by atoms with Crippen molar-refractivity contribution in [1.29, 1.82) is 5.26 Å². The largest absolute Gasteiger partial charge is 0.372 e. The topological polar surface area (TPSA) is 44.0 Å². The third-order valence-corrected chi connectivity index (χ3v) is 1.60. The lowest BCUT2D eigenvalue weighted by atomic mass is 9.98. The fourth-order valence-electron chi connectivity index (χ4n) is 0.856. The Kier molecular flexibility index (Phi) is 2.11. The minimum absolute atomic E-state index is 0.269. The van der Waals surface area contributed by atoms with Crippen LogP contribution < -0.4 is 0 Å². The Balaban J connectivity index is 3.14. The zero-order valence-electron chi connectivity index (χ0n) is 6.58. The fourth-order valence-corrected chi connectivity index (χ4v) is 0.856. The van der Waals surface area contributed by atoms with E-state index in [0.29, 0.717) is 0 Å². The lowest BCUT2D eigenvalue weighted by molar-refractivity contribution is 0.119. The van der Waals surface area contributed by atoms with E-state index in [1.165, 1.54) is 25.1 Å². The van der Waals surface area contributed by atoms with Gasteiger partial charge in [0, 0.05) is 5.56 Å². The Hall–Kier alpha value is -1.40. The highest BCUT2D eigenvalue weighted by molar-refractivity contribution is 5.27. The minimum Gasteiger partial charge on any atom is -0.372 e. The van der Waals surface area contributed by atoms with Crippen LogP contribution in [0.25, 0.3) is 0 Å². The molecule has 0 saturated heterocycles. The van der Waals surface area contributed by atoms with Crippen LogP contribution in [0.2, 0.25) is 0 Å². The van der Waals surface area contributed by atoms with Gasteiger partial charge in [0.05, 0.1) is 0 Å². The summed E-state index contributed by atoms with van der Waals surface area (Å²) in [5.41, 5.74) is -1.34. The van der Waals surface area contributed by atoms with Crippen LogP contribution in [0, 0.1) is 17.1 Å². The summed E-state index contributed by atoms with van der Waals surface area (Å²) in [6.07, 6.45) is 0. The van der Waals surface area contributed by atoms with Gasteiger partial charge in [-0.3, -0.25) is 0 Å². The summed E-state index contributed by atoms with van der Waals surface area (Å²) in [6, 6.07) is 7.04. The van der Waals surface area contributed by atoms with Crippen LogP contribution in [-0.2, 0) is 5.60 Å². The summed E-state index contributed by atoms with van der Waals surface area (Å²) in [4.78, 5) is 0. The molecule has 1 aromatic carbocycles. The van der Waals surface area contributed by atoms with Gasteiger partial charge < -0.3 is 5.11 Å². The molecule has 0 fully saturated rings. The third-order valence-electron chi connectivity index (χ3n) is 1.60. The summed E-state index contributed by atoms with van der Waals surface area (Å²) >= 11 is 0. The number of hydrogen-bond donors (Lipinski definition) is 1. The molecular weight excluding hydrogens is 157 g/mol. The number of halogens is 1. The molecule has 0 aliphatic rings. The summed E-state index contributed by atoms with van der Waals surface area (Å²) in [5.74, 6) is -0.456. The second-order valence-corrected chi connectivity index (χ2v) is 2.69. The van der Waals surface area contributed by atoms with Crippen molar-refractivity contribution >= 4 is 0 Å². The van der Waals surface area contributed by atoms with Crippen LogP contribution in [0.4, 0.5) is 4.39 Å². The number of aliphatic hydroxyl groups is 1. The average Bonchev–Trinajstić information content (AvgIpc) is 2.05. The van der Waals surface area contributed by atoms with Gasteiger partial charge in [-0.2, -0.15) is 5.26 Å². The van der Waals surface area contributed by atoms with Gasteiger partial charge in [0.1, 0.15) is 11.9 Å². The predicted molar refractivity (Wildman–Crippen MR) is 41.6 cm³/mol. The first-order valence-electron chi connectivity index (χ1n) is 3.46. The predicted octanol–water partition coefficient (Wildman–Crippen LogP) is 1.56. The maximum Gasteiger partial charge on any atom is 0.173 e. The molecule has 0 aliphatic carbocycles. The van der Waals surface area contributed by atoms with Gasteiger partial charge in [-0.25, -0.2) is 4.39 Å². The van der Waals surface area contributed by atoms with Crippen LogP contribution >= 0.6 is 0 Å². The SMILES string of the molecule is C[C@](O)(C#N)c1cccc(F)c1. The molecule has 0 heterocycles. The highest BCUT2D eigenvalue weighted by Gasteiger charge is 2.21. The Morgan fingerprint density at radius 3 is 2.75 bits per heavy atom. The molecule has 1 N–H and O–H groups in total. The molecule has 0 spiro atoms. The Labute approximate surface area is 69.9 Å². The van der Waals surface area contributed by atoms with Gasteiger partial charge >= 0.3 is 0 Å². The number of nitrogens with zero attached hydrogens (tertiary/aromatic N) is 1. The van der Waals surface area contributed by atoms with Crippen LogP contribution in [0.1, 0.15) is 12.5 Å². The van der Waals surface area contributed by atoms with E-state index in [4.69, 9.17) is 5.26 Å². The molecule has 0 aliphatic heterocycles. The maximum absolute atomic E-state index is 12.6. The van der Waals surface area contributed by atoms with Crippen LogP contribution in [-0.4, -0.2) is 5.11 Å². The fraction of sp³-hybridized carbons (Fsp3) is 0.222. The maximum atomic E-state index is 12.6. The smallest absolute Gasteiger partial charge is 0.173 e. The highest BCUT2D eigenvalue weighted by Crippen LogP contribution is 2.19. The van der Waals surface area contributed by atoms with E-state index in [2.05, 4.69) is 0 Å². The molecule has 3 heteroatoms. The number of benzene rings is 1. The molecule has 1 aromatic rings. The number of nitriles is 1. The van der Waals surface area contributed by atoms with E-state index in [0.717, 1.165) is 6.07 Å². The van der Waals surface area contributed by atoms with E-state index in [1.54, 1.807) is 6.07 Å². The first kappa shape index (κ1) is 8.69. The normalized spacial score (nSPS) is 14.8. The molecule has 0 amide bonds. The Morgan fingerprint density at radius 1 is 1.58 bits per heavy atom. The van der Waals surface area contributed by atoms with Gasteiger partial charge in [0.25, 0.3) is 0 Å². The molecule has 1 atom stereocenters. The van der Waals surface area contributed by atoms with Crippen molar-refractivity contribution in [3.63, 3.8) is 0 Å². The van der Waals surface area contributed by atoms with Crippen molar-refractivity contribution in [2.75, 3.05) is 0 Å². The van der Waals surface area contributed by atoms with Gasteiger partial charge in [-0.05, 0) is 19.1 Å². The lowest BCUT2D eigenvalue weighted by Gasteiger charge is -2.13. The first-order valence-corrected chi connectivity index (χ1v) is 3.46. The van der Waals surface area contributed by atoms with E-state index < -0.39 is 11.4 Å². The standard InChI is InChI=1S/C9H8FNO/c1-9(12,6-11)7-3-2-4-8(10)5-7/h2-5,12H,1H3/t9-/m0/s1. The first-order chi connectivity index (χ1) is 5.56. The monoisotopic (exact) mass is 165 g/mol. The molecule has 2 nitrogen and oxygen atoms in total. The van der Waals surface area contributed by atoms with Crippen molar-refractivity contribution in [3.05, 3.63) is 35.6 Å². The summed E-state index contributed by atoms with van der Waals surface area (Å²) in [5, 5.41) is 17.9. The molecule has 0 bridgehead atoms. The van der Waals surface area contributed by atoms with Crippen molar-refractivity contribution in [1.82, 2.24) is 0 Å². The summed E-state index contributed by atoms with van der Waals surface area (Å²) < 4.78 is 12.6. The summed E-state index contributed by atoms with van der Waals surface area (Å²) in [6.45, 7) is 1.32. The molecule has 0 radical (unpaired) electrons. The highest BCUT2D eigenvalue weighted by atomic mass is 19.1. The van der Waals surface area contributed by atoms with Gasteiger partial charge in [-0.15, -0.1) is 0 Å². The molecular formula is C9H8FNO. The van der Waals surface area contributed by atoms with Crippen LogP contribution in [0.5, 0.6) is 0 Å². The van der Waals surface area contributed by atoms with E-state index >= 15 is 0 Å². The van der Waals surface area contributed by atoms with Crippen molar-refractivity contribution in [2.24, 2.45) is 0 Å². The van der Waals surface area contributed by atoms with Gasteiger partial charge in [0.2, 0.25) is 0 Å². The second kappa shape index (κ2) is 2.92. The third kappa shape index (κ3) is 1.60. The molecule has 0 unspecified atom stereocenters. The molecule has 1 rings (SSSR count). The minimum atomic E-state index is -1.61. The van der Waals surface area contributed by atoms with Gasteiger partial charge in [-0.1, -0.05) is 12.1 Å². The lowest BCUT2D eigenvalue weighted by Crippen LogP contribution is -2.17. The molecule has 0 aromatic heterocycles. The van der Waals surface area contributed by atoms with Crippen LogP contribution in [0.15, 0.2) is 24.3 Å². The van der Waals surface area contributed by atoms with E-state index in [9.17, 15) is 9.50 Å². The van der Waals surface area contributed by atoms with E-state index in [1.807, 2.05) is 0 Å². The van der Waals surface area contributed by atoms with Crippen molar-refractivity contribution in [2.45, 2.75) is 12.5 Å². The summed E-state index contributed by atoms with van der Waals surface area (Å²) in [7, 11) is 0. The van der Waals surface area contributed by atoms with Crippen molar-refractivity contribution < 1.29 is 9.50 Å².